The molecule has 0 amide bonds. The number of hydrogen-bond acceptors (Lipinski definition) is 5. The smallest absolute Gasteiger partial charge is 0.395 e. The summed E-state index contributed by atoms with van der Waals surface area (Å²) < 4.78 is 26.5. The zero-order valence-electron chi connectivity index (χ0n) is 9.37. The van der Waals surface area contributed by atoms with Gasteiger partial charge in [0.25, 0.3) is 0 Å². The highest BCUT2D eigenvalue weighted by molar-refractivity contribution is 7.49. The van der Waals surface area contributed by atoms with Crippen LogP contribution >= 0.6 is 7.82 Å². The lowest BCUT2D eigenvalue weighted by molar-refractivity contribution is -0.133. The lowest BCUT2D eigenvalue weighted by Crippen LogP contribution is -2.06. The molecule has 0 aliphatic carbocycles. The highest BCUT2D eigenvalue weighted by Crippen LogP contribution is 2.49. The molecule has 0 fully saturated rings. The number of phosphoric ester groups is 1. The van der Waals surface area contributed by atoms with Gasteiger partial charge in [0.15, 0.2) is 0 Å². The van der Waals surface area contributed by atoms with E-state index in [1.807, 2.05) is 0 Å². The fourth-order valence-corrected chi connectivity index (χ4v) is 2.11. The van der Waals surface area contributed by atoms with Gasteiger partial charge in [-0.15, -0.1) is 6.58 Å². The van der Waals surface area contributed by atoms with Gasteiger partial charge in [0.2, 0.25) is 0 Å². The van der Waals surface area contributed by atoms with Gasteiger partial charge in [-0.25, -0.2) is 4.57 Å². The van der Waals surface area contributed by atoms with E-state index in [4.69, 9.17) is 9.05 Å². The molecule has 1 aromatic rings. The maximum Gasteiger partial charge on any atom is 0.590 e. The van der Waals surface area contributed by atoms with Gasteiger partial charge in [0.05, 0.1) is 6.61 Å². The predicted octanol–water partition coefficient (Wildman–Crippen LogP) is 2.94. The molecule has 1 unspecified atom stereocenters. The summed E-state index contributed by atoms with van der Waals surface area (Å²) in [6.45, 7) is 4.49. The van der Waals surface area contributed by atoms with Crippen molar-refractivity contribution < 1.29 is 22.9 Å². The highest BCUT2D eigenvalue weighted by Gasteiger charge is 2.31. The van der Waals surface area contributed by atoms with Crippen molar-refractivity contribution in [1.82, 2.24) is 0 Å². The number of carbonyl (C=O) groups excluding carboxylic acids is 1. The van der Waals surface area contributed by atoms with Crippen LogP contribution < -0.4 is 4.52 Å². The van der Waals surface area contributed by atoms with Crippen LogP contribution in [0.4, 0.5) is 0 Å². The molecule has 0 aliphatic rings. The number of phosphoric acid groups is 1. The fraction of sp³-hybridized carbons (Fsp3) is 0.182. The van der Waals surface area contributed by atoms with Crippen molar-refractivity contribution in [2.24, 2.45) is 0 Å². The van der Waals surface area contributed by atoms with E-state index in [1.54, 1.807) is 30.3 Å². The van der Waals surface area contributed by atoms with Crippen LogP contribution in [-0.2, 0) is 18.4 Å². The Bertz CT molecular complexity index is 429. The zero-order chi connectivity index (χ0) is 12.7. The quantitative estimate of drug-likeness (QED) is 0.578. The minimum absolute atomic E-state index is 0.0443. The second-order valence-corrected chi connectivity index (χ2v) is 4.54. The molecule has 0 spiro atoms. The highest BCUT2D eigenvalue weighted by atomic mass is 31.2. The van der Waals surface area contributed by atoms with E-state index < -0.39 is 13.8 Å². The normalized spacial score (nSPS) is 13.5. The Balaban J connectivity index is 2.79. The summed E-state index contributed by atoms with van der Waals surface area (Å²) in [5.74, 6) is -0.450. The third-order valence-corrected chi connectivity index (χ3v) is 2.93. The molecular weight excluding hydrogens is 243 g/mol. The average molecular weight is 256 g/mol. The Labute approximate surface area is 99.6 Å². The minimum atomic E-state index is -3.93. The summed E-state index contributed by atoms with van der Waals surface area (Å²) >= 11 is 0. The van der Waals surface area contributed by atoms with Crippen molar-refractivity contribution in [2.75, 3.05) is 6.61 Å². The van der Waals surface area contributed by atoms with Crippen LogP contribution in [0.2, 0.25) is 0 Å². The third-order valence-electron chi connectivity index (χ3n) is 1.55. The fourth-order valence-electron chi connectivity index (χ4n) is 0.983. The summed E-state index contributed by atoms with van der Waals surface area (Å²) in [4.78, 5) is 10.8. The van der Waals surface area contributed by atoms with Crippen LogP contribution in [0.5, 0.6) is 5.75 Å². The number of para-hydroxylation sites is 1. The Morgan fingerprint density at radius 2 is 2.06 bits per heavy atom. The second kappa shape index (κ2) is 6.23. The minimum Gasteiger partial charge on any atom is -0.395 e. The molecule has 6 heteroatoms. The lowest BCUT2D eigenvalue weighted by Gasteiger charge is -2.16. The Hall–Kier alpha value is -1.58. The van der Waals surface area contributed by atoms with E-state index in [-0.39, 0.29) is 6.61 Å². The van der Waals surface area contributed by atoms with Crippen LogP contribution in [0, 0.1) is 0 Å². The standard InChI is InChI=1S/C11H13O5P/c1-3-9-14-17(13,15-10(2)12)16-11-7-5-4-6-8-11/h3-8H,1,9H2,2H3. The summed E-state index contributed by atoms with van der Waals surface area (Å²) in [6.07, 6.45) is 1.38. The first kappa shape index (κ1) is 13.5. The van der Waals surface area contributed by atoms with Gasteiger partial charge >= 0.3 is 13.8 Å². The summed E-state index contributed by atoms with van der Waals surface area (Å²) in [6, 6.07) is 8.32. The van der Waals surface area contributed by atoms with Crippen molar-refractivity contribution in [2.45, 2.75) is 6.92 Å². The van der Waals surface area contributed by atoms with Crippen LogP contribution in [-0.4, -0.2) is 12.6 Å². The van der Waals surface area contributed by atoms with Crippen molar-refractivity contribution >= 4 is 13.8 Å². The van der Waals surface area contributed by atoms with Gasteiger partial charge in [-0.3, -0.25) is 9.32 Å². The van der Waals surface area contributed by atoms with Crippen molar-refractivity contribution in [3.8, 4) is 5.75 Å². The zero-order valence-corrected chi connectivity index (χ0v) is 10.3. The molecule has 0 radical (unpaired) electrons. The van der Waals surface area contributed by atoms with Gasteiger partial charge in [-0.1, -0.05) is 24.3 Å². The van der Waals surface area contributed by atoms with Gasteiger partial charge in [-0.05, 0) is 12.1 Å². The first-order valence-electron chi connectivity index (χ1n) is 4.86. The van der Waals surface area contributed by atoms with E-state index in [2.05, 4.69) is 11.1 Å². The first-order valence-corrected chi connectivity index (χ1v) is 6.32. The van der Waals surface area contributed by atoms with Crippen molar-refractivity contribution in [1.29, 1.82) is 0 Å². The molecule has 0 bridgehead atoms. The number of benzene rings is 1. The predicted molar refractivity (Wildman–Crippen MR) is 62.6 cm³/mol. The topological polar surface area (TPSA) is 61.8 Å². The van der Waals surface area contributed by atoms with Gasteiger partial charge in [0.1, 0.15) is 5.75 Å². The number of hydrogen-bond donors (Lipinski definition) is 0. The molecule has 0 heterocycles. The molecule has 5 nitrogen and oxygen atoms in total. The Morgan fingerprint density at radius 3 is 2.59 bits per heavy atom. The maximum absolute atomic E-state index is 12.0. The Morgan fingerprint density at radius 1 is 1.41 bits per heavy atom. The first-order chi connectivity index (χ1) is 8.06. The average Bonchev–Trinajstić information content (AvgIpc) is 2.26. The van der Waals surface area contributed by atoms with E-state index in [0.717, 1.165) is 6.92 Å². The number of carbonyl (C=O) groups is 1. The Kier molecular flexibility index (Phi) is 4.94. The van der Waals surface area contributed by atoms with E-state index >= 15 is 0 Å². The largest absolute Gasteiger partial charge is 0.590 e. The molecule has 0 N–H and O–H groups in total. The van der Waals surface area contributed by atoms with E-state index in [9.17, 15) is 9.36 Å². The second-order valence-electron chi connectivity index (χ2n) is 3.02. The summed E-state index contributed by atoms with van der Waals surface area (Å²) in [7, 11) is -3.93. The molecule has 1 aromatic carbocycles. The van der Waals surface area contributed by atoms with Crippen molar-refractivity contribution in [3.05, 3.63) is 43.0 Å². The monoisotopic (exact) mass is 256 g/mol. The van der Waals surface area contributed by atoms with Gasteiger partial charge in [-0.2, -0.15) is 0 Å². The summed E-state index contributed by atoms with van der Waals surface area (Å²) in [5.41, 5.74) is 0. The molecule has 0 aliphatic heterocycles. The van der Waals surface area contributed by atoms with Gasteiger partial charge in [0, 0.05) is 6.92 Å². The molecule has 17 heavy (non-hydrogen) atoms. The maximum atomic E-state index is 12.0. The van der Waals surface area contributed by atoms with Crippen LogP contribution in [0.3, 0.4) is 0 Å². The number of rotatable bonds is 6. The molecule has 0 saturated carbocycles. The van der Waals surface area contributed by atoms with E-state index in [1.165, 1.54) is 6.08 Å². The molecule has 92 valence electrons. The SMILES string of the molecule is C=CCOP(=O)(OC(C)=O)Oc1ccccc1. The summed E-state index contributed by atoms with van der Waals surface area (Å²) in [5, 5.41) is 0. The third kappa shape index (κ3) is 4.85. The van der Waals surface area contributed by atoms with E-state index in [0.29, 0.717) is 5.75 Å². The van der Waals surface area contributed by atoms with Crippen LogP contribution in [0.1, 0.15) is 6.92 Å². The molecule has 1 rings (SSSR count). The van der Waals surface area contributed by atoms with Crippen LogP contribution in [0.15, 0.2) is 43.0 Å². The van der Waals surface area contributed by atoms with Crippen LogP contribution in [0.25, 0.3) is 0 Å². The molecular formula is C11H13O5P. The molecule has 1 atom stereocenters. The van der Waals surface area contributed by atoms with Crippen molar-refractivity contribution in [3.63, 3.8) is 0 Å². The molecule has 0 saturated heterocycles. The lowest BCUT2D eigenvalue weighted by atomic mass is 10.3. The van der Waals surface area contributed by atoms with Gasteiger partial charge < -0.3 is 9.05 Å². The molecule has 0 aromatic heterocycles.